The number of carbonyl (C=O) groups excluding carboxylic acids is 2. The zero-order valence-electron chi connectivity index (χ0n) is 17.8. The zero-order valence-corrected chi connectivity index (χ0v) is 18.8. The molecule has 172 valence electrons. The molecule has 0 unspecified atom stereocenters. The number of ether oxygens (including phenoxy) is 1. The number of hydrogen-bond acceptors (Lipinski definition) is 3. The molecule has 1 aromatic rings. The van der Waals surface area contributed by atoms with Gasteiger partial charge in [-0.2, -0.15) is 13.2 Å². The Labute approximate surface area is 179 Å². The van der Waals surface area contributed by atoms with Crippen molar-refractivity contribution in [2.45, 2.75) is 57.2 Å². The molecule has 2 amide bonds. The van der Waals surface area contributed by atoms with Crippen molar-refractivity contribution in [3.8, 4) is 0 Å². The summed E-state index contributed by atoms with van der Waals surface area (Å²) < 4.78 is 57.6. The average Bonchev–Trinajstić information content (AvgIpc) is 3.03. The van der Waals surface area contributed by atoms with Gasteiger partial charge in [-0.1, -0.05) is 26.1 Å². The summed E-state index contributed by atoms with van der Waals surface area (Å²) in [7, 11) is -1.35. The number of nitrogens with one attached hydrogen (secondary N) is 2. The van der Waals surface area contributed by atoms with Gasteiger partial charge in [-0.3, -0.25) is 4.79 Å². The SMILES string of the molecule is C[Si](C)(C)CCOC(=O)N[C@H]1[C@@H]2CCC[C@@H]2[C@H]1C(=O)Nc1ccc(F)c(C(F)(F)F)c1. The summed E-state index contributed by atoms with van der Waals surface area (Å²) in [5.74, 6) is -2.22. The van der Waals surface area contributed by atoms with Crippen LogP contribution in [0, 0.1) is 23.6 Å². The highest BCUT2D eigenvalue weighted by atomic mass is 28.3. The fraction of sp³-hybridized carbons (Fsp3) is 0.619. The molecule has 0 aliphatic heterocycles. The number of halogens is 4. The highest BCUT2D eigenvalue weighted by Crippen LogP contribution is 2.51. The lowest BCUT2D eigenvalue weighted by atomic mass is 9.62. The van der Waals surface area contributed by atoms with Crippen LogP contribution >= 0.6 is 0 Å². The van der Waals surface area contributed by atoms with E-state index in [1.807, 2.05) is 0 Å². The lowest BCUT2D eigenvalue weighted by Gasteiger charge is -2.47. The first-order chi connectivity index (χ1) is 14.4. The van der Waals surface area contributed by atoms with Crippen LogP contribution in [0.5, 0.6) is 0 Å². The van der Waals surface area contributed by atoms with Gasteiger partial charge in [0, 0.05) is 19.8 Å². The van der Waals surface area contributed by atoms with Crippen molar-refractivity contribution in [1.82, 2.24) is 5.32 Å². The van der Waals surface area contributed by atoms with E-state index in [0.717, 1.165) is 31.4 Å². The Morgan fingerprint density at radius 2 is 1.84 bits per heavy atom. The van der Waals surface area contributed by atoms with Crippen LogP contribution in [0.2, 0.25) is 25.7 Å². The number of alkyl carbamates (subject to hydrolysis) is 1. The van der Waals surface area contributed by atoms with E-state index in [1.54, 1.807) is 0 Å². The molecule has 0 bridgehead atoms. The van der Waals surface area contributed by atoms with Gasteiger partial charge in [-0.15, -0.1) is 0 Å². The fourth-order valence-electron chi connectivity index (χ4n) is 4.52. The molecule has 4 atom stereocenters. The number of amides is 2. The molecule has 2 aliphatic carbocycles. The Hall–Kier alpha value is -2.10. The molecule has 3 rings (SSSR count). The smallest absolute Gasteiger partial charge is 0.419 e. The molecule has 0 aromatic heterocycles. The van der Waals surface area contributed by atoms with Crippen LogP contribution in [-0.2, 0) is 15.7 Å². The molecule has 2 aliphatic rings. The minimum absolute atomic E-state index is 0.0646. The molecule has 0 saturated heterocycles. The Balaban J connectivity index is 1.65. The topological polar surface area (TPSA) is 67.4 Å². The van der Waals surface area contributed by atoms with Gasteiger partial charge < -0.3 is 15.4 Å². The summed E-state index contributed by atoms with van der Waals surface area (Å²) in [5, 5.41) is 5.26. The number of hydrogen-bond donors (Lipinski definition) is 2. The molecule has 5 nitrogen and oxygen atoms in total. The Morgan fingerprint density at radius 3 is 2.48 bits per heavy atom. The lowest BCUT2D eigenvalue weighted by molar-refractivity contribution is -0.140. The third-order valence-corrected chi connectivity index (χ3v) is 7.85. The molecule has 10 heteroatoms. The van der Waals surface area contributed by atoms with Gasteiger partial charge in [-0.05, 0) is 48.9 Å². The lowest BCUT2D eigenvalue weighted by Crippen LogP contribution is -2.61. The number of carbonyl (C=O) groups is 2. The molecule has 0 heterocycles. The van der Waals surface area contributed by atoms with E-state index in [1.165, 1.54) is 0 Å². The maximum Gasteiger partial charge on any atom is 0.419 e. The highest BCUT2D eigenvalue weighted by Gasteiger charge is 2.56. The van der Waals surface area contributed by atoms with Crippen LogP contribution in [-0.4, -0.2) is 32.7 Å². The monoisotopic (exact) mass is 460 g/mol. The van der Waals surface area contributed by atoms with Gasteiger partial charge in [0.25, 0.3) is 0 Å². The molecule has 0 radical (unpaired) electrons. The van der Waals surface area contributed by atoms with Gasteiger partial charge in [0.15, 0.2) is 0 Å². The van der Waals surface area contributed by atoms with Gasteiger partial charge in [0.05, 0.1) is 18.1 Å². The Bertz CT molecular complexity index is 841. The largest absolute Gasteiger partial charge is 0.450 e. The van der Waals surface area contributed by atoms with Gasteiger partial charge >= 0.3 is 12.3 Å². The fourth-order valence-corrected chi connectivity index (χ4v) is 5.24. The molecular formula is C21H28F4N2O3Si. The maximum absolute atomic E-state index is 13.5. The first-order valence-corrected chi connectivity index (χ1v) is 14.2. The van der Waals surface area contributed by atoms with E-state index in [4.69, 9.17) is 4.74 Å². The molecule has 0 spiro atoms. The predicted octanol–water partition coefficient (Wildman–Crippen LogP) is 5.26. The minimum Gasteiger partial charge on any atom is -0.450 e. The van der Waals surface area contributed by atoms with Crippen molar-refractivity contribution in [1.29, 1.82) is 0 Å². The van der Waals surface area contributed by atoms with Crippen molar-refractivity contribution in [2.75, 3.05) is 11.9 Å². The summed E-state index contributed by atoms with van der Waals surface area (Å²) in [6, 6.07) is 2.77. The van der Waals surface area contributed by atoms with Gasteiger partial charge in [0.2, 0.25) is 5.91 Å². The van der Waals surface area contributed by atoms with E-state index >= 15 is 0 Å². The van der Waals surface area contributed by atoms with Crippen molar-refractivity contribution in [2.24, 2.45) is 17.8 Å². The number of rotatable bonds is 6. The summed E-state index contributed by atoms with van der Waals surface area (Å²) in [4.78, 5) is 25.1. The first kappa shape index (κ1) is 23.6. The maximum atomic E-state index is 13.5. The van der Waals surface area contributed by atoms with E-state index in [9.17, 15) is 27.2 Å². The standard InChI is InChI=1S/C21H28F4N2O3Si/c1-31(2,3)10-9-30-20(29)27-18-14-6-4-5-13(14)17(18)19(28)26-12-7-8-16(22)15(11-12)21(23,24)25/h7-8,11,13-14,17-18H,4-6,9-10H2,1-3H3,(H,26,28)(H,27,29)/t13-,14+,17+,18-/m0/s1. The summed E-state index contributed by atoms with van der Waals surface area (Å²) in [6.07, 6.45) is -2.81. The third-order valence-electron chi connectivity index (χ3n) is 6.15. The Kier molecular flexibility index (Phi) is 6.69. The van der Waals surface area contributed by atoms with Gasteiger partial charge in [-0.25, -0.2) is 9.18 Å². The Morgan fingerprint density at radius 1 is 1.16 bits per heavy atom. The van der Waals surface area contributed by atoms with E-state index in [0.29, 0.717) is 18.7 Å². The van der Waals surface area contributed by atoms with Crippen LogP contribution in [0.25, 0.3) is 0 Å². The number of benzene rings is 1. The van der Waals surface area contributed by atoms with Crippen LogP contribution in [0.1, 0.15) is 24.8 Å². The van der Waals surface area contributed by atoms with Crippen LogP contribution in [0.15, 0.2) is 18.2 Å². The van der Waals surface area contributed by atoms with E-state index < -0.39 is 49.6 Å². The van der Waals surface area contributed by atoms with Crippen molar-refractivity contribution in [3.63, 3.8) is 0 Å². The quantitative estimate of drug-likeness (QED) is 0.449. The van der Waals surface area contributed by atoms with Gasteiger partial charge in [0.1, 0.15) is 5.82 Å². The van der Waals surface area contributed by atoms with Crippen molar-refractivity contribution < 1.29 is 31.9 Å². The third kappa shape index (κ3) is 5.58. The summed E-state index contributed by atoms with van der Waals surface area (Å²) >= 11 is 0. The second-order valence-electron chi connectivity index (χ2n) is 9.58. The van der Waals surface area contributed by atoms with Crippen LogP contribution < -0.4 is 10.6 Å². The first-order valence-electron chi connectivity index (χ1n) is 10.5. The molecular weight excluding hydrogens is 432 g/mol. The molecule has 2 saturated carbocycles. The van der Waals surface area contributed by atoms with E-state index in [-0.39, 0.29) is 17.5 Å². The minimum atomic E-state index is -4.86. The number of fused-ring (bicyclic) bond motifs is 1. The van der Waals surface area contributed by atoms with Crippen LogP contribution in [0.3, 0.4) is 0 Å². The zero-order chi connectivity index (χ0) is 23.0. The summed E-state index contributed by atoms with van der Waals surface area (Å²) in [5.41, 5.74) is -1.56. The second kappa shape index (κ2) is 8.80. The van der Waals surface area contributed by atoms with Crippen LogP contribution in [0.4, 0.5) is 28.0 Å². The molecule has 2 N–H and O–H groups in total. The van der Waals surface area contributed by atoms with E-state index in [2.05, 4.69) is 30.3 Å². The molecule has 1 aromatic carbocycles. The molecule has 2 fully saturated rings. The van der Waals surface area contributed by atoms with Crippen molar-refractivity contribution in [3.05, 3.63) is 29.6 Å². The number of alkyl halides is 3. The predicted molar refractivity (Wildman–Crippen MR) is 111 cm³/mol. The second-order valence-corrected chi connectivity index (χ2v) is 15.2. The van der Waals surface area contributed by atoms with Crippen molar-refractivity contribution >= 4 is 25.8 Å². The average molecular weight is 461 g/mol. The number of anilines is 1. The summed E-state index contributed by atoms with van der Waals surface area (Å²) in [6.45, 7) is 6.82. The molecule has 31 heavy (non-hydrogen) atoms. The highest BCUT2D eigenvalue weighted by molar-refractivity contribution is 6.76. The normalized spacial score (nSPS) is 25.4.